The van der Waals surface area contributed by atoms with Crippen LogP contribution in [0.3, 0.4) is 0 Å². The number of benzene rings is 1. The van der Waals surface area contributed by atoms with Gasteiger partial charge in [-0.05, 0) is 24.6 Å². The van der Waals surface area contributed by atoms with E-state index in [1.165, 1.54) is 0 Å². The van der Waals surface area contributed by atoms with Crippen molar-refractivity contribution in [3.63, 3.8) is 0 Å². The molecule has 2 heterocycles. The fourth-order valence-electron chi connectivity index (χ4n) is 2.09. The number of rotatable bonds is 3. The molecule has 1 unspecified atom stereocenters. The van der Waals surface area contributed by atoms with E-state index in [1.54, 1.807) is 13.3 Å². The molecule has 0 saturated carbocycles. The first-order chi connectivity index (χ1) is 9.29. The lowest BCUT2D eigenvalue weighted by atomic mass is 10.1. The normalized spacial score (nSPS) is 12.7. The summed E-state index contributed by atoms with van der Waals surface area (Å²) in [6.07, 6.45) is 3.71. The fraction of sp³-hybridized carbons (Fsp3) is 0.200. The monoisotopic (exact) mass is 253 g/mol. The van der Waals surface area contributed by atoms with Crippen LogP contribution in [0.15, 0.2) is 48.8 Å². The lowest BCUT2D eigenvalue weighted by Gasteiger charge is -2.10. The molecule has 0 bridgehead atoms. The third kappa shape index (κ3) is 2.11. The number of nitrogens with zero attached hydrogens (tertiary/aromatic N) is 3. The molecular formula is C15H15N3O. The first-order valence-electron chi connectivity index (χ1n) is 6.21. The van der Waals surface area contributed by atoms with Crippen molar-refractivity contribution in [1.29, 1.82) is 0 Å². The van der Waals surface area contributed by atoms with Crippen molar-refractivity contribution in [1.82, 2.24) is 14.6 Å². The van der Waals surface area contributed by atoms with Gasteiger partial charge in [-0.25, -0.2) is 9.50 Å². The Bertz CT molecular complexity index is 688. The quantitative estimate of drug-likeness (QED) is 0.720. The van der Waals surface area contributed by atoms with E-state index in [2.05, 4.69) is 34.3 Å². The number of hydrogen-bond donors (Lipinski definition) is 0. The molecule has 0 fully saturated rings. The predicted octanol–water partition coefficient (Wildman–Crippen LogP) is 3.10. The second kappa shape index (κ2) is 4.82. The van der Waals surface area contributed by atoms with Gasteiger partial charge >= 0.3 is 0 Å². The van der Waals surface area contributed by atoms with E-state index in [1.807, 2.05) is 29.8 Å². The summed E-state index contributed by atoms with van der Waals surface area (Å²) in [6.45, 7) is 2.03. The minimum Gasteiger partial charge on any atom is -0.377 e. The molecule has 0 aliphatic carbocycles. The van der Waals surface area contributed by atoms with Gasteiger partial charge < -0.3 is 4.74 Å². The van der Waals surface area contributed by atoms with Gasteiger partial charge in [-0.15, -0.1) is 0 Å². The van der Waals surface area contributed by atoms with Gasteiger partial charge in [0.25, 0.3) is 0 Å². The van der Waals surface area contributed by atoms with Crippen molar-refractivity contribution in [3.8, 4) is 11.3 Å². The van der Waals surface area contributed by atoms with Gasteiger partial charge in [-0.1, -0.05) is 24.3 Å². The van der Waals surface area contributed by atoms with Crippen LogP contribution in [-0.4, -0.2) is 21.7 Å². The van der Waals surface area contributed by atoms with Crippen molar-refractivity contribution < 1.29 is 4.74 Å². The number of fused-ring (bicyclic) bond motifs is 1. The summed E-state index contributed by atoms with van der Waals surface area (Å²) in [5, 5.41) is 4.32. The number of imidazole rings is 1. The van der Waals surface area contributed by atoms with Crippen LogP contribution >= 0.6 is 0 Å². The van der Waals surface area contributed by atoms with Crippen LogP contribution in [0.4, 0.5) is 0 Å². The average molecular weight is 253 g/mol. The van der Waals surface area contributed by atoms with E-state index in [9.17, 15) is 0 Å². The van der Waals surface area contributed by atoms with Gasteiger partial charge in [0.15, 0.2) is 5.65 Å². The Kier molecular flexibility index (Phi) is 3.01. The molecular weight excluding hydrogens is 238 g/mol. The van der Waals surface area contributed by atoms with Crippen molar-refractivity contribution in [2.45, 2.75) is 13.0 Å². The fourth-order valence-corrected chi connectivity index (χ4v) is 2.09. The molecule has 0 aliphatic rings. The maximum Gasteiger partial charge on any atom is 0.154 e. The van der Waals surface area contributed by atoms with Crippen LogP contribution in [-0.2, 0) is 4.74 Å². The lowest BCUT2D eigenvalue weighted by Crippen LogP contribution is -1.96. The summed E-state index contributed by atoms with van der Waals surface area (Å²) in [6, 6.07) is 12.1. The topological polar surface area (TPSA) is 39.4 Å². The van der Waals surface area contributed by atoms with Crippen molar-refractivity contribution >= 4 is 5.65 Å². The maximum atomic E-state index is 5.31. The predicted molar refractivity (Wildman–Crippen MR) is 73.8 cm³/mol. The highest BCUT2D eigenvalue weighted by atomic mass is 16.5. The molecule has 4 heteroatoms. The summed E-state index contributed by atoms with van der Waals surface area (Å²) in [7, 11) is 1.72. The van der Waals surface area contributed by atoms with E-state index in [0.29, 0.717) is 0 Å². The Morgan fingerprint density at radius 2 is 1.95 bits per heavy atom. The third-order valence-electron chi connectivity index (χ3n) is 3.31. The Morgan fingerprint density at radius 1 is 1.16 bits per heavy atom. The largest absolute Gasteiger partial charge is 0.377 e. The first-order valence-corrected chi connectivity index (χ1v) is 6.21. The van der Waals surface area contributed by atoms with Crippen LogP contribution in [0, 0.1) is 0 Å². The minimum absolute atomic E-state index is 0.106. The third-order valence-corrected chi connectivity index (χ3v) is 3.31. The molecule has 0 aliphatic heterocycles. The molecule has 96 valence electrons. The number of aromatic nitrogens is 3. The standard InChI is InChI=1S/C15H15N3O/c1-11(19-2)12-5-7-13(8-6-12)14-10-16-15-4-3-9-17-18(14)15/h3-11H,1-2H3. The highest BCUT2D eigenvalue weighted by Crippen LogP contribution is 2.23. The molecule has 1 atom stereocenters. The van der Waals surface area contributed by atoms with Crippen LogP contribution in [0.25, 0.3) is 16.9 Å². The van der Waals surface area contributed by atoms with Gasteiger partial charge in [-0.3, -0.25) is 0 Å². The van der Waals surface area contributed by atoms with Crippen LogP contribution in [0.1, 0.15) is 18.6 Å². The number of methoxy groups -OCH3 is 1. The number of ether oxygens (including phenoxy) is 1. The highest BCUT2D eigenvalue weighted by Gasteiger charge is 2.08. The smallest absolute Gasteiger partial charge is 0.154 e. The second-order valence-corrected chi connectivity index (χ2v) is 4.44. The van der Waals surface area contributed by atoms with Gasteiger partial charge in [-0.2, -0.15) is 5.10 Å². The molecule has 0 saturated heterocycles. The van der Waals surface area contributed by atoms with E-state index in [4.69, 9.17) is 4.74 Å². The number of hydrogen-bond acceptors (Lipinski definition) is 3. The highest BCUT2D eigenvalue weighted by molar-refractivity contribution is 5.63. The molecule has 0 spiro atoms. The zero-order chi connectivity index (χ0) is 13.2. The molecule has 4 nitrogen and oxygen atoms in total. The molecule has 2 aromatic heterocycles. The Balaban J connectivity index is 2.02. The summed E-state index contributed by atoms with van der Waals surface area (Å²) in [5.41, 5.74) is 4.10. The Morgan fingerprint density at radius 3 is 2.68 bits per heavy atom. The van der Waals surface area contributed by atoms with Gasteiger partial charge in [0.05, 0.1) is 18.0 Å². The summed E-state index contributed by atoms with van der Waals surface area (Å²) < 4.78 is 7.15. The van der Waals surface area contributed by atoms with Crippen molar-refractivity contribution in [2.24, 2.45) is 0 Å². The van der Waals surface area contributed by atoms with E-state index in [0.717, 1.165) is 22.5 Å². The zero-order valence-corrected chi connectivity index (χ0v) is 10.9. The SMILES string of the molecule is COC(C)c1ccc(-c2cnc3cccnn23)cc1. The first kappa shape index (κ1) is 11.9. The molecule has 3 rings (SSSR count). The molecule has 1 aromatic carbocycles. The molecule has 3 aromatic rings. The summed E-state index contributed by atoms with van der Waals surface area (Å²) in [5.74, 6) is 0. The average Bonchev–Trinajstić information content (AvgIpc) is 2.90. The Hall–Kier alpha value is -2.20. The van der Waals surface area contributed by atoms with Crippen LogP contribution in [0.5, 0.6) is 0 Å². The summed E-state index contributed by atoms with van der Waals surface area (Å²) >= 11 is 0. The van der Waals surface area contributed by atoms with Gasteiger partial charge in [0.2, 0.25) is 0 Å². The summed E-state index contributed by atoms with van der Waals surface area (Å²) in [4.78, 5) is 4.34. The van der Waals surface area contributed by atoms with Crippen LogP contribution in [0.2, 0.25) is 0 Å². The van der Waals surface area contributed by atoms with E-state index in [-0.39, 0.29) is 6.10 Å². The van der Waals surface area contributed by atoms with Gasteiger partial charge in [0.1, 0.15) is 0 Å². The molecule has 0 amide bonds. The second-order valence-electron chi connectivity index (χ2n) is 4.44. The van der Waals surface area contributed by atoms with Crippen LogP contribution < -0.4 is 0 Å². The van der Waals surface area contributed by atoms with E-state index < -0.39 is 0 Å². The van der Waals surface area contributed by atoms with Crippen molar-refractivity contribution in [3.05, 3.63) is 54.4 Å². The molecule has 0 radical (unpaired) electrons. The van der Waals surface area contributed by atoms with Gasteiger partial charge in [0, 0.05) is 18.9 Å². The lowest BCUT2D eigenvalue weighted by molar-refractivity contribution is 0.119. The van der Waals surface area contributed by atoms with E-state index >= 15 is 0 Å². The Labute approximate surface area is 111 Å². The molecule has 19 heavy (non-hydrogen) atoms. The maximum absolute atomic E-state index is 5.31. The zero-order valence-electron chi connectivity index (χ0n) is 10.9. The minimum atomic E-state index is 0.106. The van der Waals surface area contributed by atoms with Crippen molar-refractivity contribution in [2.75, 3.05) is 7.11 Å². The molecule has 0 N–H and O–H groups in total.